The van der Waals surface area contributed by atoms with E-state index in [0.29, 0.717) is 33.6 Å². The topological polar surface area (TPSA) is 172 Å². The smallest absolute Gasteiger partial charge is 0.196 e. The normalized spacial score (nSPS) is 13.1. The average molecular weight is 476 g/mol. The molecule has 4 aromatic carbocycles. The molecule has 8 nitrogen and oxygen atoms in total. The Labute approximate surface area is 205 Å². The largest absolute Gasteiger partial charge is 0.398 e. The molecule has 4 aromatic rings. The molecule has 0 bridgehead atoms. The van der Waals surface area contributed by atoms with Gasteiger partial charge in [-0.05, 0) is 24.3 Å². The average Bonchev–Trinajstić information content (AvgIpc) is 2.87. The van der Waals surface area contributed by atoms with Crippen molar-refractivity contribution in [3.63, 3.8) is 0 Å². The van der Waals surface area contributed by atoms with E-state index in [1.807, 2.05) is 0 Å². The molecule has 36 heavy (non-hydrogen) atoms. The van der Waals surface area contributed by atoms with Gasteiger partial charge in [0.25, 0.3) is 0 Å². The summed E-state index contributed by atoms with van der Waals surface area (Å²) in [5, 5.41) is 0. The maximum absolute atomic E-state index is 12.3. The SMILES string of the molecule is Nc1ccc(N)c2c1C(=O)c1ccccc1C2=O.Nc1cccc2c1C(=O)c1cccc(N)c1C2=O. The van der Waals surface area contributed by atoms with E-state index in [-0.39, 0.29) is 56.8 Å². The number of carbonyl (C=O) groups is 4. The molecule has 0 radical (unpaired) electrons. The summed E-state index contributed by atoms with van der Waals surface area (Å²) in [6.07, 6.45) is 0. The van der Waals surface area contributed by atoms with Crippen LogP contribution in [0.15, 0.2) is 72.8 Å². The van der Waals surface area contributed by atoms with E-state index in [0.717, 1.165) is 0 Å². The molecule has 2 aliphatic rings. The lowest BCUT2D eigenvalue weighted by atomic mass is 9.82. The molecule has 0 aromatic heterocycles. The van der Waals surface area contributed by atoms with Crippen LogP contribution in [0.2, 0.25) is 0 Å². The van der Waals surface area contributed by atoms with Crippen molar-refractivity contribution in [3.05, 3.63) is 117 Å². The van der Waals surface area contributed by atoms with Crippen LogP contribution in [0.25, 0.3) is 0 Å². The number of hydrogen-bond acceptors (Lipinski definition) is 8. The van der Waals surface area contributed by atoms with Gasteiger partial charge < -0.3 is 22.9 Å². The van der Waals surface area contributed by atoms with Gasteiger partial charge in [0.15, 0.2) is 23.1 Å². The molecule has 6 rings (SSSR count). The van der Waals surface area contributed by atoms with E-state index in [9.17, 15) is 19.2 Å². The molecule has 0 atom stereocenters. The third-order valence-electron chi connectivity index (χ3n) is 6.28. The molecular weight excluding hydrogens is 456 g/mol. The van der Waals surface area contributed by atoms with E-state index < -0.39 is 0 Å². The van der Waals surface area contributed by atoms with Gasteiger partial charge in [0, 0.05) is 45.0 Å². The Balaban J connectivity index is 0.000000148. The van der Waals surface area contributed by atoms with Gasteiger partial charge in [0.2, 0.25) is 0 Å². The molecule has 0 saturated heterocycles. The fourth-order valence-electron chi connectivity index (χ4n) is 4.57. The molecule has 8 N–H and O–H groups in total. The minimum atomic E-state index is -0.245. The Morgan fingerprint density at radius 2 is 0.639 bits per heavy atom. The third kappa shape index (κ3) is 3.24. The van der Waals surface area contributed by atoms with Gasteiger partial charge in [-0.3, -0.25) is 19.2 Å². The molecule has 0 heterocycles. The number of nitrogen functional groups attached to an aromatic ring is 4. The van der Waals surface area contributed by atoms with Gasteiger partial charge in [-0.25, -0.2) is 0 Å². The lowest BCUT2D eigenvalue weighted by Gasteiger charge is -2.20. The molecule has 0 spiro atoms. The number of nitrogens with two attached hydrogens (primary N) is 4. The summed E-state index contributed by atoms with van der Waals surface area (Å²) in [7, 11) is 0. The first-order valence-electron chi connectivity index (χ1n) is 10.9. The maximum atomic E-state index is 12.3. The zero-order valence-corrected chi connectivity index (χ0v) is 18.9. The highest BCUT2D eigenvalue weighted by molar-refractivity contribution is 6.32. The first-order chi connectivity index (χ1) is 17.2. The van der Waals surface area contributed by atoms with E-state index in [1.54, 1.807) is 72.8 Å². The van der Waals surface area contributed by atoms with E-state index in [2.05, 4.69) is 0 Å². The number of ketones is 4. The monoisotopic (exact) mass is 476 g/mol. The number of rotatable bonds is 0. The highest BCUT2D eigenvalue weighted by Crippen LogP contribution is 2.34. The van der Waals surface area contributed by atoms with Crippen molar-refractivity contribution in [2.24, 2.45) is 0 Å². The van der Waals surface area contributed by atoms with Gasteiger partial charge in [0.1, 0.15) is 0 Å². The zero-order chi connectivity index (χ0) is 25.7. The van der Waals surface area contributed by atoms with E-state index >= 15 is 0 Å². The van der Waals surface area contributed by atoms with Gasteiger partial charge in [-0.15, -0.1) is 0 Å². The van der Waals surface area contributed by atoms with Crippen molar-refractivity contribution in [2.75, 3.05) is 22.9 Å². The molecule has 0 saturated carbocycles. The van der Waals surface area contributed by atoms with Crippen LogP contribution in [0.3, 0.4) is 0 Å². The second-order valence-electron chi connectivity index (χ2n) is 8.40. The second kappa shape index (κ2) is 8.21. The fourth-order valence-corrected chi connectivity index (χ4v) is 4.57. The van der Waals surface area contributed by atoms with Crippen molar-refractivity contribution in [1.82, 2.24) is 0 Å². The van der Waals surface area contributed by atoms with Crippen LogP contribution in [-0.4, -0.2) is 23.1 Å². The van der Waals surface area contributed by atoms with Crippen molar-refractivity contribution in [2.45, 2.75) is 0 Å². The standard InChI is InChI=1S/2C14H10N2O2/c15-9-5-1-3-7-11(9)14(18)8-4-2-6-10(16)12(8)13(7)17;15-9-5-6-10(16)12-11(9)13(17)7-3-1-2-4-8(7)14(12)18/h2*1-6H,15-16H2. The van der Waals surface area contributed by atoms with Crippen LogP contribution in [0.5, 0.6) is 0 Å². The van der Waals surface area contributed by atoms with Crippen LogP contribution < -0.4 is 22.9 Å². The summed E-state index contributed by atoms with van der Waals surface area (Å²) in [4.78, 5) is 49.4. The van der Waals surface area contributed by atoms with Crippen molar-refractivity contribution in [3.8, 4) is 0 Å². The maximum Gasteiger partial charge on any atom is 0.196 e. The van der Waals surface area contributed by atoms with Gasteiger partial charge >= 0.3 is 0 Å². The Morgan fingerprint density at radius 3 is 1.03 bits per heavy atom. The Hall–Kier alpha value is -5.24. The molecule has 8 heteroatoms. The van der Waals surface area contributed by atoms with Crippen LogP contribution in [0.1, 0.15) is 63.7 Å². The predicted molar refractivity (Wildman–Crippen MR) is 137 cm³/mol. The highest BCUT2D eigenvalue weighted by Gasteiger charge is 2.33. The summed E-state index contributed by atoms with van der Waals surface area (Å²) in [5.74, 6) is -0.981. The molecule has 0 aliphatic heterocycles. The summed E-state index contributed by atoms with van der Waals surface area (Å²) in [6.45, 7) is 0. The predicted octanol–water partition coefficient (Wildman–Crippen LogP) is 3.25. The van der Waals surface area contributed by atoms with Crippen LogP contribution in [0.4, 0.5) is 22.7 Å². The van der Waals surface area contributed by atoms with E-state index in [4.69, 9.17) is 22.9 Å². The second-order valence-corrected chi connectivity index (χ2v) is 8.40. The minimum Gasteiger partial charge on any atom is -0.398 e. The van der Waals surface area contributed by atoms with Crippen LogP contribution in [-0.2, 0) is 0 Å². The summed E-state index contributed by atoms with van der Waals surface area (Å²) in [5.41, 5.74) is 26.8. The molecular formula is C28H20N4O4. The first kappa shape index (κ1) is 22.5. The number of anilines is 4. The Morgan fingerprint density at radius 1 is 0.333 bits per heavy atom. The highest BCUT2D eigenvalue weighted by atomic mass is 16.1. The van der Waals surface area contributed by atoms with Gasteiger partial charge in [-0.1, -0.05) is 48.5 Å². The molecule has 0 unspecified atom stereocenters. The molecule has 0 amide bonds. The summed E-state index contributed by atoms with van der Waals surface area (Å²) < 4.78 is 0. The number of carbonyl (C=O) groups excluding carboxylic acids is 4. The molecule has 0 fully saturated rings. The number of fused-ring (bicyclic) bond motifs is 4. The van der Waals surface area contributed by atoms with Crippen LogP contribution >= 0.6 is 0 Å². The van der Waals surface area contributed by atoms with Crippen molar-refractivity contribution < 1.29 is 19.2 Å². The fraction of sp³-hybridized carbons (Fsp3) is 0. The molecule has 176 valence electrons. The molecule has 2 aliphatic carbocycles. The third-order valence-corrected chi connectivity index (χ3v) is 6.28. The Bertz CT molecular complexity index is 1530. The van der Waals surface area contributed by atoms with Gasteiger partial charge in [-0.2, -0.15) is 0 Å². The zero-order valence-electron chi connectivity index (χ0n) is 18.9. The number of benzene rings is 4. The van der Waals surface area contributed by atoms with E-state index in [1.165, 1.54) is 0 Å². The summed E-state index contributed by atoms with van der Waals surface area (Å²) >= 11 is 0. The minimum absolute atomic E-state index is 0.221. The summed E-state index contributed by atoms with van der Waals surface area (Å²) in [6, 6.07) is 19.5. The van der Waals surface area contributed by atoms with Gasteiger partial charge in [0.05, 0.1) is 22.3 Å². The van der Waals surface area contributed by atoms with Crippen molar-refractivity contribution >= 4 is 45.9 Å². The lowest BCUT2D eigenvalue weighted by Crippen LogP contribution is -2.23. The first-order valence-corrected chi connectivity index (χ1v) is 10.9. The lowest BCUT2D eigenvalue weighted by molar-refractivity contribution is 0.0980. The number of hydrogen-bond donors (Lipinski definition) is 4. The van der Waals surface area contributed by atoms with Crippen LogP contribution in [0, 0.1) is 0 Å². The van der Waals surface area contributed by atoms with Crippen molar-refractivity contribution in [1.29, 1.82) is 0 Å². The quantitative estimate of drug-likeness (QED) is 0.242. The Kier molecular flexibility index (Phi) is 5.14.